The van der Waals surface area contributed by atoms with Gasteiger partial charge in [-0.15, -0.1) is 0 Å². The zero-order valence-electron chi connectivity index (χ0n) is 16.9. The van der Waals surface area contributed by atoms with Crippen molar-refractivity contribution < 1.29 is 17.9 Å². The van der Waals surface area contributed by atoms with E-state index in [2.05, 4.69) is 5.32 Å². The summed E-state index contributed by atoms with van der Waals surface area (Å²) in [6.07, 6.45) is 0. The van der Waals surface area contributed by atoms with Crippen LogP contribution < -0.4 is 10.1 Å². The SMILES string of the molecule is COc1ccc(NC(=O)CN(Cc2ccc(C)cc2)S(=O)(=O)c2ccccc2)cc1. The van der Waals surface area contributed by atoms with E-state index in [0.717, 1.165) is 11.1 Å². The van der Waals surface area contributed by atoms with E-state index in [1.165, 1.54) is 16.4 Å². The lowest BCUT2D eigenvalue weighted by molar-refractivity contribution is -0.116. The third-order valence-electron chi connectivity index (χ3n) is 4.55. The number of hydrogen-bond donors (Lipinski definition) is 1. The van der Waals surface area contributed by atoms with Crippen molar-refractivity contribution in [2.24, 2.45) is 0 Å². The van der Waals surface area contributed by atoms with Crippen LogP contribution in [0.3, 0.4) is 0 Å². The summed E-state index contributed by atoms with van der Waals surface area (Å²) in [7, 11) is -2.29. The van der Waals surface area contributed by atoms with Crippen LogP contribution in [0, 0.1) is 6.92 Å². The smallest absolute Gasteiger partial charge is 0.243 e. The van der Waals surface area contributed by atoms with Gasteiger partial charge in [0.1, 0.15) is 5.75 Å². The van der Waals surface area contributed by atoms with Gasteiger partial charge in [-0.25, -0.2) is 8.42 Å². The zero-order chi connectivity index (χ0) is 21.6. The number of carbonyl (C=O) groups is 1. The highest BCUT2D eigenvalue weighted by Crippen LogP contribution is 2.19. The normalized spacial score (nSPS) is 11.3. The zero-order valence-corrected chi connectivity index (χ0v) is 17.7. The third-order valence-corrected chi connectivity index (χ3v) is 6.36. The highest BCUT2D eigenvalue weighted by atomic mass is 32.2. The molecule has 0 aliphatic carbocycles. The minimum atomic E-state index is -3.85. The Hall–Kier alpha value is -3.16. The molecule has 0 aliphatic heterocycles. The number of nitrogens with zero attached hydrogens (tertiary/aromatic N) is 1. The predicted molar refractivity (Wildman–Crippen MR) is 117 cm³/mol. The molecule has 0 heterocycles. The van der Waals surface area contributed by atoms with Crippen LogP contribution in [0.5, 0.6) is 5.75 Å². The molecule has 156 valence electrons. The number of nitrogens with one attached hydrogen (secondary N) is 1. The van der Waals surface area contributed by atoms with Crippen LogP contribution in [0.4, 0.5) is 5.69 Å². The topological polar surface area (TPSA) is 75.7 Å². The lowest BCUT2D eigenvalue weighted by Gasteiger charge is -2.22. The summed E-state index contributed by atoms with van der Waals surface area (Å²) in [5, 5.41) is 2.74. The van der Waals surface area contributed by atoms with E-state index >= 15 is 0 Å². The van der Waals surface area contributed by atoms with Gasteiger partial charge >= 0.3 is 0 Å². The molecule has 0 radical (unpaired) electrons. The third kappa shape index (κ3) is 5.46. The number of benzene rings is 3. The van der Waals surface area contributed by atoms with Gasteiger partial charge in [-0.3, -0.25) is 4.79 Å². The first-order valence-corrected chi connectivity index (χ1v) is 10.9. The van der Waals surface area contributed by atoms with Crippen molar-refractivity contribution in [3.63, 3.8) is 0 Å². The molecule has 0 aromatic heterocycles. The molecule has 0 unspecified atom stereocenters. The molecule has 3 aromatic rings. The fraction of sp³-hybridized carbons (Fsp3) is 0.174. The van der Waals surface area contributed by atoms with Crippen LogP contribution >= 0.6 is 0 Å². The predicted octanol–water partition coefficient (Wildman–Crippen LogP) is 3.83. The fourth-order valence-electron chi connectivity index (χ4n) is 2.90. The second kappa shape index (κ2) is 9.56. The molecule has 0 saturated heterocycles. The van der Waals surface area contributed by atoms with Gasteiger partial charge in [0, 0.05) is 12.2 Å². The Bertz CT molecular complexity index is 1080. The first-order valence-electron chi connectivity index (χ1n) is 9.43. The Morgan fingerprint density at radius 3 is 2.17 bits per heavy atom. The molecular formula is C23H24N2O4S. The summed E-state index contributed by atoms with van der Waals surface area (Å²) in [4.78, 5) is 12.8. The number of methoxy groups -OCH3 is 1. The molecule has 0 saturated carbocycles. The van der Waals surface area contributed by atoms with E-state index < -0.39 is 15.9 Å². The Balaban J connectivity index is 1.82. The number of ether oxygens (including phenoxy) is 1. The second-order valence-corrected chi connectivity index (χ2v) is 8.79. The van der Waals surface area contributed by atoms with E-state index in [4.69, 9.17) is 4.74 Å². The van der Waals surface area contributed by atoms with Crippen LogP contribution in [-0.4, -0.2) is 32.3 Å². The van der Waals surface area contributed by atoms with Crippen LogP contribution in [0.2, 0.25) is 0 Å². The molecular weight excluding hydrogens is 400 g/mol. The summed E-state index contributed by atoms with van der Waals surface area (Å²) in [5.74, 6) is 0.243. The van der Waals surface area contributed by atoms with E-state index in [-0.39, 0.29) is 18.0 Å². The monoisotopic (exact) mass is 424 g/mol. The number of amides is 1. The molecule has 1 amide bonds. The molecule has 0 aliphatic rings. The molecule has 0 bridgehead atoms. The van der Waals surface area contributed by atoms with Crippen LogP contribution in [0.1, 0.15) is 11.1 Å². The van der Waals surface area contributed by atoms with Crippen molar-refractivity contribution in [2.45, 2.75) is 18.4 Å². The Morgan fingerprint density at radius 1 is 0.933 bits per heavy atom. The molecule has 0 fully saturated rings. The molecule has 7 heteroatoms. The minimum absolute atomic E-state index is 0.0908. The van der Waals surface area contributed by atoms with Gasteiger partial charge in [0.25, 0.3) is 0 Å². The van der Waals surface area contributed by atoms with E-state index in [9.17, 15) is 13.2 Å². The maximum atomic E-state index is 13.2. The average molecular weight is 425 g/mol. The van der Waals surface area contributed by atoms with Crippen molar-refractivity contribution in [1.29, 1.82) is 0 Å². The Labute approximate surface area is 177 Å². The largest absolute Gasteiger partial charge is 0.497 e. The maximum absolute atomic E-state index is 13.2. The van der Waals surface area contributed by atoms with Gasteiger partial charge in [0.2, 0.25) is 15.9 Å². The molecule has 1 N–H and O–H groups in total. The molecule has 3 aromatic carbocycles. The standard InChI is InChI=1S/C23H24N2O4S/c1-18-8-10-19(11-9-18)16-25(30(27,28)22-6-4-3-5-7-22)17-23(26)24-20-12-14-21(29-2)15-13-20/h3-15H,16-17H2,1-2H3,(H,24,26). The van der Waals surface area contributed by atoms with E-state index in [1.54, 1.807) is 49.6 Å². The first kappa shape index (κ1) is 21.5. The van der Waals surface area contributed by atoms with Crippen molar-refractivity contribution in [1.82, 2.24) is 4.31 Å². The highest BCUT2D eigenvalue weighted by Gasteiger charge is 2.26. The second-order valence-electron chi connectivity index (χ2n) is 6.85. The van der Waals surface area contributed by atoms with Crippen molar-refractivity contribution in [3.05, 3.63) is 90.0 Å². The summed E-state index contributed by atoms with van der Waals surface area (Å²) < 4.78 is 32.7. The molecule has 0 spiro atoms. The van der Waals surface area contributed by atoms with Gasteiger partial charge in [-0.05, 0) is 48.9 Å². The molecule has 3 rings (SSSR count). The summed E-state index contributed by atoms with van der Waals surface area (Å²) in [6, 6.07) is 22.5. The summed E-state index contributed by atoms with van der Waals surface area (Å²) in [5.41, 5.74) is 2.44. The van der Waals surface area contributed by atoms with Crippen molar-refractivity contribution in [3.8, 4) is 5.75 Å². The van der Waals surface area contributed by atoms with E-state index in [1.807, 2.05) is 31.2 Å². The van der Waals surface area contributed by atoms with Gasteiger partial charge < -0.3 is 10.1 Å². The molecule has 30 heavy (non-hydrogen) atoms. The van der Waals surface area contributed by atoms with Crippen LogP contribution in [-0.2, 0) is 21.4 Å². The van der Waals surface area contributed by atoms with E-state index in [0.29, 0.717) is 11.4 Å². The maximum Gasteiger partial charge on any atom is 0.243 e. The number of hydrogen-bond acceptors (Lipinski definition) is 4. The van der Waals surface area contributed by atoms with Crippen LogP contribution in [0.25, 0.3) is 0 Å². The number of anilines is 1. The van der Waals surface area contributed by atoms with Gasteiger partial charge in [-0.2, -0.15) is 4.31 Å². The van der Waals surface area contributed by atoms with Gasteiger partial charge in [-0.1, -0.05) is 48.0 Å². The first-order chi connectivity index (χ1) is 14.4. The lowest BCUT2D eigenvalue weighted by Crippen LogP contribution is -2.37. The lowest BCUT2D eigenvalue weighted by atomic mass is 10.1. The van der Waals surface area contributed by atoms with Gasteiger partial charge in [0.05, 0.1) is 18.6 Å². The quantitative estimate of drug-likeness (QED) is 0.596. The molecule has 6 nitrogen and oxygen atoms in total. The number of aryl methyl sites for hydroxylation is 1. The van der Waals surface area contributed by atoms with Crippen molar-refractivity contribution in [2.75, 3.05) is 19.0 Å². The van der Waals surface area contributed by atoms with Crippen molar-refractivity contribution >= 4 is 21.6 Å². The number of sulfonamides is 1. The summed E-state index contributed by atoms with van der Waals surface area (Å²) in [6.45, 7) is 1.75. The Kier molecular flexibility index (Phi) is 6.87. The fourth-order valence-corrected chi connectivity index (χ4v) is 4.31. The van der Waals surface area contributed by atoms with Gasteiger partial charge in [0.15, 0.2) is 0 Å². The Morgan fingerprint density at radius 2 is 1.57 bits per heavy atom. The average Bonchev–Trinajstić information content (AvgIpc) is 2.76. The molecule has 0 atom stereocenters. The number of rotatable bonds is 8. The number of carbonyl (C=O) groups excluding carboxylic acids is 1. The highest BCUT2D eigenvalue weighted by molar-refractivity contribution is 7.89. The van der Waals surface area contributed by atoms with Crippen LogP contribution in [0.15, 0.2) is 83.8 Å². The minimum Gasteiger partial charge on any atom is -0.497 e. The summed E-state index contributed by atoms with van der Waals surface area (Å²) >= 11 is 0.